The molecule has 3 nitrogen and oxygen atoms in total. The highest BCUT2D eigenvalue weighted by Gasteiger charge is 2.03. The smallest absolute Gasteiger partial charge is 0.119 e. The molecule has 108 valence electrons. The molecule has 2 N–H and O–H groups in total. The molecule has 0 aliphatic carbocycles. The first-order chi connectivity index (χ1) is 10.2. The quantitative estimate of drug-likeness (QED) is 0.875. The van der Waals surface area contributed by atoms with Crippen LogP contribution in [0.1, 0.15) is 11.1 Å². The second kappa shape index (κ2) is 7.37. The van der Waals surface area contributed by atoms with E-state index in [1.165, 1.54) is 5.56 Å². The molecule has 0 aliphatic heterocycles. The molecule has 0 atom stereocenters. The van der Waals surface area contributed by atoms with Gasteiger partial charge in [0.15, 0.2) is 0 Å². The Kier molecular flexibility index (Phi) is 5.25. The maximum Gasteiger partial charge on any atom is 0.119 e. The van der Waals surface area contributed by atoms with Gasteiger partial charge in [0.25, 0.3) is 0 Å². The first kappa shape index (κ1) is 15.0. The van der Waals surface area contributed by atoms with Gasteiger partial charge in [0.2, 0.25) is 0 Å². The number of nitrogens with zero attached hydrogens (tertiary/aromatic N) is 1. The highest BCUT2D eigenvalue weighted by molar-refractivity contribution is 5.49. The third-order valence-electron chi connectivity index (χ3n) is 3.19. The number of anilines is 1. The maximum absolute atomic E-state index is 5.40. The van der Waals surface area contributed by atoms with E-state index in [0.717, 1.165) is 23.5 Å². The molecule has 0 aliphatic rings. The van der Waals surface area contributed by atoms with Gasteiger partial charge in [-0.3, -0.25) is 0 Å². The van der Waals surface area contributed by atoms with Crippen molar-refractivity contribution < 1.29 is 4.74 Å². The van der Waals surface area contributed by atoms with Crippen LogP contribution in [-0.4, -0.2) is 20.7 Å². The van der Waals surface area contributed by atoms with Crippen molar-refractivity contribution in [1.29, 1.82) is 0 Å². The lowest BCUT2D eigenvalue weighted by molar-refractivity contribution is 0.415. The van der Waals surface area contributed by atoms with Crippen LogP contribution >= 0.6 is 0 Å². The Bertz CT molecular complexity index is 638. The highest BCUT2D eigenvalue weighted by Crippen LogP contribution is 2.20. The van der Waals surface area contributed by atoms with Crippen molar-refractivity contribution in [1.82, 2.24) is 0 Å². The largest absolute Gasteiger partial charge is 0.497 e. The predicted molar refractivity (Wildman–Crippen MR) is 87.5 cm³/mol. The molecule has 0 aromatic heterocycles. The minimum absolute atomic E-state index is 0.385. The Morgan fingerprint density at radius 2 is 1.90 bits per heavy atom. The van der Waals surface area contributed by atoms with E-state index in [1.54, 1.807) is 7.11 Å². The van der Waals surface area contributed by atoms with E-state index in [0.29, 0.717) is 6.54 Å². The summed E-state index contributed by atoms with van der Waals surface area (Å²) in [5.41, 5.74) is 8.77. The minimum atomic E-state index is 0.385. The molecule has 0 amide bonds. The molecule has 2 rings (SSSR count). The standard InChI is InChI=1S/C18H20N2O/c1-20(17-8-10-18(21-2)11-9-17)14-16-6-3-5-15(13-16)7-4-12-19/h3,5-6,8-11,13H,12,14,19H2,1-2H3. The van der Waals surface area contributed by atoms with Crippen LogP contribution in [0, 0.1) is 11.8 Å². The first-order valence-electron chi connectivity index (χ1n) is 6.86. The Hall–Kier alpha value is -2.44. The summed E-state index contributed by atoms with van der Waals surface area (Å²) < 4.78 is 5.18. The van der Waals surface area contributed by atoms with Crippen molar-refractivity contribution in [2.75, 3.05) is 25.6 Å². The molecule has 0 bridgehead atoms. The first-order valence-corrected chi connectivity index (χ1v) is 6.86. The van der Waals surface area contributed by atoms with Crippen molar-refractivity contribution in [2.45, 2.75) is 6.54 Å². The highest BCUT2D eigenvalue weighted by atomic mass is 16.5. The van der Waals surface area contributed by atoms with Crippen LogP contribution in [-0.2, 0) is 6.54 Å². The van der Waals surface area contributed by atoms with Gasteiger partial charge in [-0.1, -0.05) is 24.0 Å². The molecule has 0 unspecified atom stereocenters. The lowest BCUT2D eigenvalue weighted by Crippen LogP contribution is -2.16. The average molecular weight is 280 g/mol. The third kappa shape index (κ3) is 4.27. The van der Waals surface area contributed by atoms with Crippen LogP contribution in [0.4, 0.5) is 5.69 Å². The Morgan fingerprint density at radius 3 is 2.57 bits per heavy atom. The van der Waals surface area contributed by atoms with Gasteiger partial charge in [-0.05, 0) is 42.0 Å². The average Bonchev–Trinajstić information content (AvgIpc) is 2.53. The SMILES string of the molecule is COc1ccc(N(C)Cc2cccc(C#CCN)c2)cc1. The normalized spacial score (nSPS) is 9.67. The summed E-state index contributed by atoms with van der Waals surface area (Å²) in [5, 5.41) is 0. The molecule has 0 radical (unpaired) electrons. The van der Waals surface area contributed by atoms with Crippen molar-refractivity contribution in [2.24, 2.45) is 5.73 Å². The van der Waals surface area contributed by atoms with Gasteiger partial charge in [0, 0.05) is 24.8 Å². The summed E-state index contributed by atoms with van der Waals surface area (Å²) in [6.45, 7) is 1.21. The van der Waals surface area contributed by atoms with Gasteiger partial charge in [-0.15, -0.1) is 0 Å². The van der Waals surface area contributed by atoms with Gasteiger partial charge in [-0.2, -0.15) is 0 Å². The molecule has 2 aromatic rings. The van der Waals surface area contributed by atoms with Crippen molar-refractivity contribution >= 4 is 5.69 Å². The summed E-state index contributed by atoms with van der Waals surface area (Å²) in [7, 11) is 3.74. The number of benzene rings is 2. The van der Waals surface area contributed by atoms with E-state index in [2.05, 4.69) is 48.1 Å². The fraction of sp³-hybridized carbons (Fsp3) is 0.222. The van der Waals surface area contributed by atoms with Crippen LogP contribution < -0.4 is 15.4 Å². The molecule has 2 aromatic carbocycles. The number of nitrogens with two attached hydrogens (primary N) is 1. The van der Waals surface area contributed by atoms with Gasteiger partial charge in [0.05, 0.1) is 13.7 Å². The van der Waals surface area contributed by atoms with Crippen LogP contribution in [0.15, 0.2) is 48.5 Å². The van der Waals surface area contributed by atoms with E-state index >= 15 is 0 Å². The van der Waals surface area contributed by atoms with E-state index in [-0.39, 0.29) is 0 Å². The second-order valence-corrected chi connectivity index (χ2v) is 4.76. The number of hydrogen-bond acceptors (Lipinski definition) is 3. The number of hydrogen-bond donors (Lipinski definition) is 1. The van der Waals surface area contributed by atoms with Gasteiger partial charge >= 0.3 is 0 Å². The molecular weight excluding hydrogens is 260 g/mol. The van der Waals surface area contributed by atoms with E-state index in [1.807, 2.05) is 24.3 Å². The molecule has 0 fully saturated rings. The molecule has 21 heavy (non-hydrogen) atoms. The van der Waals surface area contributed by atoms with E-state index in [4.69, 9.17) is 10.5 Å². The summed E-state index contributed by atoms with van der Waals surface area (Å²) in [6, 6.07) is 16.3. The monoisotopic (exact) mass is 280 g/mol. The molecule has 3 heteroatoms. The molecule has 0 heterocycles. The Morgan fingerprint density at radius 1 is 1.14 bits per heavy atom. The van der Waals surface area contributed by atoms with Gasteiger partial charge in [-0.25, -0.2) is 0 Å². The van der Waals surface area contributed by atoms with Crippen LogP contribution in [0.5, 0.6) is 5.75 Å². The predicted octanol–water partition coefficient (Wildman–Crippen LogP) is 2.64. The topological polar surface area (TPSA) is 38.5 Å². The summed E-state index contributed by atoms with van der Waals surface area (Å²) in [5.74, 6) is 6.81. The zero-order valence-electron chi connectivity index (χ0n) is 12.5. The summed E-state index contributed by atoms with van der Waals surface area (Å²) >= 11 is 0. The zero-order valence-corrected chi connectivity index (χ0v) is 12.5. The van der Waals surface area contributed by atoms with Crippen molar-refractivity contribution in [3.05, 3.63) is 59.7 Å². The fourth-order valence-electron chi connectivity index (χ4n) is 2.10. The third-order valence-corrected chi connectivity index (χ3v) is 3.19. The summed E-state index contributed by atoms with van der Waals surface area (Å²) in [6.07, 6.45) is 0. The number of ether oxygens (including phenoxy) is 1. The lowest BCUT2D eigenvalue weighted by atomic mass is 10.1. The lowest BCUT2D eigenvalue weighted by Gasteiger charge is -2.19. The Balaban J connectivity index is 2.09. The molecule has 0 spiro atoms. The number of methoxy groups -OCH3 is 1. The Labute approximate surface area is 126 Å². The summed E-state index contributed by atoms with van der Waals surface area (Å²) in [4.78, 5) is 2.19. The van der Waals surface area contributed by atoms with E-state index in [9.17, 15) is 0 Å². The fourth-order valence-corrected chi connectivity index (χ4v) is 2.10. The van der Waals surface area contributed by atoms with Crippen molar-refractivity contribution in [3.63, 3.8) is 0 Å². The molecule has 0 saturated carbocycles. The van der Waals surface area contributed by atoms with Gasteiger partial charge in [0.1, 0.15) is 5.75 Å². The minimum Gasteiger partial charge on any atom is -0.497 e. The second-order valence-electron chi connectivity index (χ2n) is 4.76. The van der Waals surface area contributed by atoms with Crippen molar-refractivity contribution in [3.8, 4) is 17.6 Å². The number of rotatable bonds is 4. The van der Waals surface area contributed by atoms with Crippen LogP contribution in [0.2, 0.25) is 0 Å². The zero-order chi connectivity index (χ0) is 15.1. The molecular formula is C18H20N2O. The maximum atomic E-state index is 5.40. The van der Waals surface area contributed by atoms with E-state index < -0.39 is 0 Å². The van der Waals surface area contributed by atoms with Gasteiger partial charge < -0.3 is 15.4 Å². The van der Waals surface area contributed by atoms with Crippen LogP contribution in [0.3, 0.4) is 0 Å². The van der Waals surface area contributed by atoms with Crippen LogP contribution in [0.25, 0.3) is 0 Å². The molecule has 0 saturated heterocycles.